The van der Waals surface area contributed by atoms with E-state index in [1.165, 1.54) is 6.92 Å². The van der Waals surface area contributed by atoms with Crippen molar-refractivity contribution < 1.29 is 14.3 Å². The first-order valence-corrected chi connectivity index (χ1v) is 9.81. The maximum atomic E-state index is 13.1. The average molecular weight is 401 g/mol. The van der Waals surface area contributed by atoms with Gasteiger partial charge < -0.3 is 15.0 Å². The van der Waals surface area contributed by atoms with Gasteiger partial charge in [-0.2, -0.15) is 0 Å². The van der Waals surface area contributed by atoms with Gasteiger partial charge in [0, 0.05) is 18.5 Å². The van der Waals surface area contributed by atoms with Gasteiger partial charge in [0.1, 0.15) is 5.75 Å². The molecule has 3 rings (SSSR count). The summed E-state index contributed by atoms with van der Waals surface area (Å²) < 4.78 is 5.22. The predicted octanol–water partition coefficient (Wildman–Crippen LogP) is 4.28. The highest BCUT2D eigenvalue weighted by Gasteiger charge is 2.31. The molecule has 0 unspecified atom stereocenters. The minimum Gasteiger partial charge on any atom is -0.497 e. The van der Waals surface area contributed by atoms with E-state index in [0.29, 0.717) is 5.02 Å². The van der Waals surface area contributed by atoms with E-state index < -0.39 is 0 Å². The summed E-state index contributed by atoms with van der Waals surface area (Å²) in [7, 11) is 1.64. The molecule has 1 heterocycles. The van der Waals surface area contributed by atoms with E-state index in [1.807, 2.05) is 41.3 Å². The lowest BCUT2D eigenvalue weighted by Crippen LogP contribution is -2.35. The number of benzene rings is 2. The zero-order valence-corrected chi connectivity index (χ0v) is 16.9. The lowest BCUT2D eigenvalue weighted by atomic mass is 10.0. The molecule has 28 heavy (non-hydrogen) atoms. The highest BCUT2D eigenvalue weighted by Crippen LogP contribution is 2.34. The number of methoxy groups -OCH3 is 1. The number of carbonyl (C=O) groups excluding carboxylic acids is 2. The molecule has 2 aromatic rings. The molecule has 0 spiro atoms. The molecular formula is C22H25ClN2O3. The van der Waals surface area contributed by atoms with Crippen molar-refractivity contribution in [1.29, 1.82) is 0 Å². The zero-order valence-electron chi connectivity index (χ0n) is 16.2. The molecule has 6 heteroatoms. The molecule has 0 radical (unpaired) electrons. The van der Waals surface area contributed by atoms with Gasteiger partial charge in [-0.15, -0.1) is 0 Å². The standard InChI is InChI=1S/C22H25ClN2O3/c1-15(26)24-20(16-5-9-18(23)10-6-16)14-22(27)25-13-3-4-21(25)17-7-11-19(28-2)12-8-17/h5-12,20-21H,3-4,13-14H2,1-2H3,(H,24,26)/t20-,21+/m0/s1. The smallest absolute Gasteiger partial charge is 0.225 e. The van der Waals surface area contributed by atoms with Crippen LogP contribution in [0.25, 0.3) is 0 Å². The first-order chi connectivity index (χ1) is 13.5. The summed E-state index contributed by atoms with van der Waals surface area (Å²) in [6.07, 6.45) is 2.12. The van der Waals surface area contributed by atoms with Crippen LogP contribution in [-0.2, 0) is 9.59 Å². The molecule has 1 N–H and O–H groups in total. The van der Waals surface area contributed by atoms with E-state index >= 15 is 0 Å². The Balaban J connectivity index is 1.75. The molecule has 0 saturated carbocycles. The Hall–Kier alpha value is -2.53. The van der Waals surface area contributed by atoms with Crippen LogP contribution in [0, 0.1) is 0 Å². The summed E-state index contributed by atoms with van der Waals surface area (Å²) in [6, 6.07) is 14.8. The highest BCUT2D eigenvalue weighted by atomic mass is 35.5. The Labute approximate surface area is 170 Å². The summed E-state index contributed by atoms with van der Waals surface area (Å²) in [4.78, 5) is 26.7. The fraction of sp³-hybridized carbons (Fsp3) is 0.364. The van der Waals surface area contributed by atoms with Crippen LogP contribution in [0.1, 0.15) is 49.4 Å². The SMILES string of the molecule is COc1ccc([C@H]2CCCN2C(=O)C[C@H](NC(C)=O)c2ccc(Cl)cc2)cc1. The summed E-state index contributed by atoms with van der Waals surface area (Å²) in [6.45, 7) is 2.19. The second-order valence-electron chi connectivity index (χ2n) is 7.03. The molecule has 2 amide bonds. The van der Waals surface area contributed by atoms with Crippen LogP contribution in [0.2, 0.25) is 5.02 Å². The van der Waals surface area contributed by atoms with E-state index in [-0.39, 0.29) is 30.3 Å². The van der Waals surface area contributed by atoms with Crippen molar-refractivity contribution >= 4 is 23.4 Å². The monoisotopic (exact) mass is 400 g/mol. The number of nitrogens with zero attached hydrogens (tertiary/aromatic N) is 1. The van der Waals surface area contributed by atoms with Gasteiger partial charge in [-0.25, -0.2) is 0 Å². The number of halogens is 1. The van der Waals surface area contributed by atoms with Gasteiger partial charge >= 0.3 is 0 Å². The predicted molar refractivity (Wildman–Crippen MR) is 109 cm³/mol. The quantitative estimate of drug-likeness (QED) is 0.787. The second kappa shape index (κ2) is 9.11. The number of hydrogen-bond donors (Lipinski definition) is 1. The molecule has 148 valence electrons. The van der Waals surface area contributed by atoms with Crippen LogP contribution >= 0.6 is 11.6 Å². The minimum absolute atomic E-state index is 0.0343. The Morgan fingerprint density at radius 3 is 2.46 bits per heavy atom. The van der Waals surface area contributed by atoms with Gasteiger partial charge in [-0.1, -0.05) is 35.9 Å². The zero-order chi connectivity index (χ0) is 20.1. The van der Waals surface area contributed by atoms with Crippen LogP contribution in [0.3, 0.4) is 0 Å². The van der Waals surface area contributed by atoms with Gasteiger partial charge in [-0.3, -0.25) is 9.59 Å². The summed E-state index contributed by atoms with van der Waals surface area (Å²) in [5, 5.41) is 3.51. The molecule has 1 saturated heterocycles. The first kappa shape index (κ1) is 20.2. The fourth-order valence-electron chi connectivity index (χ4n) is 3.72. The van der Waals surface area contributed by atoms with Crippen molar-refractivity contribution in [1.82, 2.24) is 10.2 Å². The normalized spacial score (nSPS) is 17.2. The minimum atomic E-state index is -0.376. The topological polar surface area (TPSA) is 58.6 Å². The maximum Gasteiger partial charge on any atom is 0.225 e. The molecule has 0 bridgehead atoms. The Morgan fingerprint density at radius 1 is 1.18 bits per heavy atom. The van der Waals surface area contributed by atoms with Gasteiger partial charge in [0.15, 0.2) is 0 Å². The third-order valence-electron chi connectivity index (χ3n) is 5.10. The number of ether oxygens (including phenoxy) is 1. The van der Waals surface area contributed by atoms with E-state index in [9.17, 15) is 9.59 Å². The number of amides is 2. The maximum absolute atomic E-state index is 13.1. The lowest BCUT2D eigenvalue weighted by molar-refractivity contribution is -0.133. The summed E-state index contributed by atoms with van der Waals surface area (Å²) >= 11 is 5.97. The lowest BCUT2D eigenvalue weighted by Gasteiger charge is -2.28. The van der Waals surface area contributed by atoms with E-state index in [4.69, 9.17) is 16.3 Å². The molecule has 0 aromatic heterocycles. The van der Waals surface area contributed by atoms with Crippen LogP contribution < -0.4 is 10.1 Å². The van der Waals surface area contributed by atoms with E-state index in [1.54, 1.807) is 19.2 Å². The number of likely N-dealkylation sites (tertiary alicyclic amines) is 1. The fourth-order valence-corrected chi connectivity index (χ4v) is 3.85. The number of carbonyl (C=O) groups is 2. The molecule has 2 atom stereocenters. The van der Waals surface area contributed by atoms with Gasteiger partial charge in [0.25, 0.3) is 0 Å². The molecule has 1 fully saturated rings. The van der Waals surface area contributed by atoms with Gasteiger partial charge in [0.05, 0.1) is 25.6 Å². The summed E-state index contributed by atoms with van der Waals surface area (Å²) in [5.74, 6) is 0.668. The van der Waals surface area contributed by atoms with E-state index in [2.05, 4.69) is 5.32 Å². The third-order valence-corrected chi connectivity index (χ3v) is 5.35. The van der Waals surface area contributed by atoms with Crippen molar-refractivity contribution in [2.45, 2.75) is 38.3 Å². The Morgan fingerprint density at radius 2 is 1.86 bits per heavy atom. The van der Waals surface area contributed by atoms with Crippen molar-refractivity contribution in [3.8, 4) is 5.75 Å². The third kappa shape index (κ3) is 4.84. The molecule has 1 aliphatic rings. The van der Waals surface area contributed by atoms with Crippen LogP contribution in [0.4, 0.5) is 0 Å². The van der Waals surface area contributed by atoms with Gasteiger partial charge in [-0.05, 0) is 48.2 Å². The van der Waals surface area contributed by atoms with Crippen molar-refractivity contribution in [2.24, 2.45) is 0 Å². The van der Waals surface area contributed by atoms with Crippen molar-refractivity contribution in [2.75, 3.05) is 13.7 Å². The molecule has 2 aromatic carbocycles. The molecule has 1 aliphatic heterocycles. The summed E-state index contributed by atoms with van der Waals surface area (Å²) in [5.41, 5.74) is 1.97. The van der Waals surface area contributed by atoms with Crippen molar-refractivity contribution in [3.05, 3.63) is 64.7 Å². The number of nitrogens with one attached hydrogen (secondary N) is 1. The van der Waals surface area contributed by atoms with Crippen LogP contribution in [0.5, 0.6) is 5.75 Å². The molecule has 0 aliphatic carbocycles. The highest BCUT2D eigenvalue weighted by molar-refractivity contribution is 6.30. The molecule has 5 nitrogen and oxygen atoms in total. The number of hydrogen-bond acceptors (Lipinski definition) is 3. The number of rotatable bonds is 6. The Kier molecular flexibility index (Phi) is 6.57. The van der Waals surface area contributed by atoms with E-state index in [0.717, 1.165) is 36.3 Å². The van der Waals surface area contributed by atoms with Crippen molar-refractivity contribution in [3.63, 3.8) is 0 Å². The Bertz CT molecular complexity index is 821. The van der Waals surface area contributed by atoms with Crippen LogP contribution in [0.15, 0.2) is 48.5 Å². The largest absolute Gasteiger partial charge is 0.497 e. The average Bonchev–Trinajstić information content (AvgIpc) is 3.18. The van der Waals surface area contributed by atoms with Gasteiger partial charge in [0.2, 0.25) is 11.8 Å². The first-order valence-electron chi connectivity index (χ1n) is 9.44. The van der Waals surface area contributed by atoms with Crippen LogP contribution in [-0.4, -0.2) is 30.4 Å². The second-order valence-corrected chi connectivity index (χ2v) is 7.46. The molecular weight excluding hydrogens is 376 g/mol.